The smallest absolute Gasteiger partial charge is 0.252 e. The van der Waals surface area contributed by atoms with E-state index in [1.165, 1.54) is 6.07 Å². The van der Waals surface area contributed by atoms with Gasteiger partial charge in [-0.1, -0.05) is 18.2 Å². The zero-order valence-corrected chi connectivity index (χ0v) is 16.0. The maximum atomic E-state index is 15.3. The highest BCUT2D eigenvalue weighted by molar-refractivity contribution is 5.82. The number of ether oxygens (including phenoxy) is 1. The van der Waals surface area contributed by atoms with Crippen LogP contribution in [0.5, 0.6) is 0 Å². The lowest BCUT2D eigenvalue weighted by Gasteiger charge is -2.33. The number of hydrogen-bond donors (Lipinski definition) is 0. The molecule has 3 aliphatic rings. The summed E-state index contributed by atoms with van der Waals surface area (Å²) in [6.07, 6.45) is 3.83. The standard InChI is InChI=1S/C23H22F3NO2/c24-16-8-15(9-17(25)11-16)19-3-1-2-14(21(19)26)10-18-12-23(5-6-23)13-27(18)22(28)20-4-7-29-20/h1-3,8-9,11,18,20H,4-7,10,12-13H2/t18-,20?/m0/s1. The molecule has 5 rings (SSSR count). The van der Waals surface area contributed by atoms with Crippen molar-refractivity contribution >= 4 is 5.91 Å². The van der Waals surface area contributed by atoms with E-state index in [2.05, 4.69) is 0 Å². The van der Waals surface area contributed by atoms with Gasteiger partial charge in [0.1, 0.15) is 23.6 Å². The Bertz CT molecular complexity index is 948. The molecule has 1 unspecified atom stereocenters. The molecule has 3 fully saturated rings. The molecule has 0 radical (unpaired) electrons. The SMILES string of the molecule is O=C(C1CCO1)N1CC2(CC2)C[C@@H]1Cc1cccc(-c2cc(F)cc(F)c2)c1F. The monoisotopic (exact) mass is 401 g/mol. The van der Waals surface area contributed by atoms with Crippen LogP contribution >= 0.6 is 0 Å². The maximum absolute atomic E-state index is 15.3. The van der Waals surface area contributed by atoms with Crippen molar-refractivity contribution in [2.24, 2.45) is 5.41 Å². The van der Waals surface area contributed by atoms with Crippen molar-refractivity contribution in [1.29, 1.82) is 0 Å². The van der Waals surface area contributed by atoms with Gasteiger partial charge in [0.2, 0.25) is 0 Å². The molecule has 152 valence electrons. The van der Waals surface area contributed by atoms with Crippen LogP contribution < -0.4 is 0 Å². The van der Waals surface area contributed by atoms with Crippen molar-refractivity contribution in [3.63, 3.8) is 0 Å². The average Bonchev–Trinajstić information content (AvgIpc) is 3.27. The van der Waals surface area contributed by atoms with Gasteiger partial charge in [-0.05, 0) is 54.4 Å². The molecule has 0 N–H and O–H groups in total. The predicted molar refractivity (Wildman–Crippen MR) is 102 cm³/mol. The molecule has 3 nitrogen and oxygen atoms in total. The number of amides is 1. The number of carbonyl (C=O) groups excluding carboxylic acids is 1. The largest absolute Gasteiger partial charge is 0.368 e. The zero-order chi connectivity index (χ0) is 20.2. The van der Waals surface area contributed by atoms with E-state index in [1.54, 1.807) is 12.1 Å². The molecule has 1 saturated carbocycles. The minimum atomic E-state index is -0.742. The number of benzene rings is 2. The molecule has 0 aromatic heterocycles. The van der Waals surface area contributed by atoms with Crippen molar-refractivity contribution in [2.75, 3.05) is 13.2 Å². The minimum absolute atomic E-state index is 0.00814. The second-order valence-electron chi connectivity index (χ2n) is 8.61. The van der Waals surface area contributed by atoms with Crippen molar-refractivity contribution in [1.82, 2.24) is 4.90 Å². The van der Waals surface area contributed by atoms with Crippen LogP contribution in [0.4, 0.5) is 13.2 Å². The van der Waals surface area contributed by atoms with Crippen molar-refractivity contribution in [2.45, 2.75) is 44.2 Å². The van der Waals surface area contributed by atoms with E-state index in [-0.39, 0.29) is 34.6 Å². The molecule has 2 aromatic carbocycles. The Morgan fingerprint density at radius 2 is 1.86 bits per heavy atom. The quantitative estimate of drug-likeness (QED) is 0.756. The van der Waals surface area contributed by atoms with Crippen LogP contribution in [0.25, 0.3) is 11.1 Å². The molecule has 0 bridgehead atoms. The zero-order valence-electron chi connectivity index (χ0n) is 16.0. The Hall–Kier alpha value is -2.34. The van der Waals surface area contributed by atoms with Crippen LogP contribution in [-0.2, 0) is 16.0 Å². The van der Waals surface area contributed by atoms with Gasteiger partial charge in [0.25, 0.3) is 5.91 Å². The summed E-state index contributed by atoms with van der Waals surface area (Å²) < 4.78 is 47.9. The summed E-state index contributed by atoms with van der Waals surface area (Å²) in [7, 11) is 0. The summed E-state index contributed by atoms with van der Waals surface area (Å²) in [6.45, 7) is 1.33. The lowest BCUT2D eigenvalue weighted by atomic mass is 9.95. The van der Waals surface area contributed by atoms with E-state index in [0.717, 1.165) is 43.9 Å². The summed E-state index contributed by atoms with van der Waals surface area (Å²) in [4.78, 5) is 14.7. The second-order valence-corrected chi connectivity index (χ2v) is 8.61. The molecule has 1 aliphatic carbocycles. The maximum Gasteiger partial charge on any atom is 0.252 e. The van der Waals surface area contributed by atoms with Gasteiger partial charge in [0.05, 0.1) is 6.61 Å². The molecule has 29 heavy (non-hydrogen) atoms. The van der Waals surface area contributed by atoms with Crippen LogP contribution in [0.15, 0.2) is 36.4 Å². The number of halogens is 3. The van der Waals surface area contributed by atoms with Gasteiger partial charge in [0.15, 0.2) is 0 Å². The molecule has 1 amide bonds. The first-order valence-electron chi connectivity index (χ1n) is 10.1. The third-order valence-corrected chi connectivity index (χ3v) is 6.54. The molecule has 2 saturated heterocycles. The van der Waals surface area contributed by atoms with Gasteiger partial charge >= 0.3 is 0 Å². The first kappa shape index (κ1) is 18.7. The van der Waals surface area contributed by atoms with Gasteiger partial charge in [-0.15, -0.1) is 0 Å². The van der Waals surface area contributed by atoms with E-state index in [4.69, 9.17) is 4.74 Å². The first-order valence-corrected chi connectivity index (χ1v) is 10.1. The molecule has 2 aliphatic heterocycles. The Morgan fingerprint density at radius 1 is 1.14 bits per heavy atom. The van der Waals surface area contributed by atoms with Gasteiger partial charge < -0.3 is 9.64 Å². The van der Waals surface area contributed by atoms with Gasteiger partial charge in [-0.3, -0.25) is 4.79 Å². The van der Waals surface area contributed by atoms with Gasteiger partial charge in [0, 0.05) is 30.6 Å². The number of carbonyl (C=O) groups is 1. The van der Waals surface area contributed by atoms with E-state index in [1.807, 2.05) is 4.90 Å². The lowest BCUT2D eigenvalue weighted by Crippen LogP contribution is -2.48. The first-order chi connectivity index (χ1) is 13.9. The highest BCUT2D eigenvalue weighted by Gasteiger charge is 2.54. The van der Waals surface area contributed by atoms with Crippen LogP contribution in [0.2, 0.25) is 0 Å². The average molecular weight is 401 g/mol. The number of likely N-dealkylation sites (tertiary alicyclic amines) is 1. The highest BCUT2D eigenvalue weighted by atomic mass is 19.1. The summed E-state index contributed by atoms with van der Waals surface area (Å²) in [6, 6.07) is 7.85. The Labute approximate surface area is 167 Å². The van der Waals surface area contributed by atoms with Crippen molar-refractivity contribution in [3.8, 4) is 11.1 Å². The van der Waals surface area contributed by atoms with Crippen molar-refractivity contribution in [3.05, 3.63) is 59.4 Å². The summed E-state index contributed by atoms with van der Waals surface area (Å²) in [5.41, 5.74) is 0.981. The summed E-state index contributed by atoms with van der Waals surface area (Å²) >= 11 is 0. The topological polar surface area (TPSA) is 29.5 Å². The predicted octanol–water partition coefficient (Wildman–Crippen LogP) is 4.48. The number of rotatable bonds is 4. The molecule has 2 atom stereocenters. The van der Waals surface area contributed by atoms with E-state index >= 15 is 4.39 Å². The van der Waals surface area contributed by atoms with E-state index < -0.39 is 17.5 Å². The van der Waals surface area contributed by atoms with Crippen molar-refractivity contribution < 1.29 is 22.7 Å². The molecular weight excluding hydrogens is 379 g/mol. The lowest BCUT2D eigenvalue weighted by molar-refractivity contribution is -0.157. The fraction of sp³-hybridized carbons (Fsp3) is 0.435. The minimum Gasteiger partial charge on any atom is -0.368 e. The molecule has 2 heterocycles. The summed E-state index contributed by atoms with van der Waals surface area (Å²) in [5.74, 6) is -1.96. The number of nitrogens with zero attached hydrogens (tertiary/aromatic N) is 1. The van der Waals surface area contributed by atoms with Crippen LogP contribution in [0.3, 0.4) is 0 Å². The van der Waals surface area contributed by atoms with Gasteiger partial charge in [-0.2, -0.15) is 0 Å². The van der Waals surface area contributed by atoms with Gasteiger partial charge in [-0.25, -0.2) is 13.2 Å². The van der Waals surface area contributed by atoms with E-state index in [9.17, 15) is 13.6 Å². The summed E-state index contributed by atoms with van der Waals surface area (Å²) in [5, 5.41) is 0. The Balaban J connectivity index is 1.43. The van der Waals surface area contributed by atoms with Crippen LogP contribution in [0.1, 0.15) is 31.2 Å². The second kappa shape index (κ2) is 6.87. The highest BCUT2D eigenvalue weighted by Crippen LogP contribution is 2.55. The van der Waals surface area contributed by atoms with E-state index in [0.29, 0.717) is 25.1 Å². The third kappa shape index (κ3) is 3.44. The van der Waals surface area contributed by atoms with Crippen LogP contribution in [-0.4, -0.2) is 36.1 Å². The fourth-order valence-electron chi connectivity index (χ4n) is 4.68. The third-order valence-electron chi connectivity index (χ3n) is 6.54. The molecule has 2 aromatic rings. The molecule has 6 heteroatoms. The number of hydrogen-bond acceptors (Lipinski definition) is 2. The normalized spacial score (nSPS) is 24.6. The molecule has 1 spiro atoms. The van der Waals surface area contributed by atoms with Crippen LogP contribution in [0, 0.1) is 22.9 Å². The fourth-order valence-corrected chi connectivity index (χ4v) is 4.68. The Kier molecular flexibility index (Phi) is 4.42. The molecular formula is C23H22F3NO2. The Morgan fingerprint density at radius 3 is 2.48 bits per heavy atom.